The van der Waals surface area contributed by atoms with Crippen LogP contribution >= 0.6 is 23.2 Å². The Bertz CT molecular complexity index is 1160. The maximum Gasteiger partial charge on any atom is 0.307 e. The van der Waals surface area contributed by atoms with Crippen LogP contribution in [0.1, 0.15) is 53.4 Å². The van der Waals surface area contributed by atoms with Gasteiger partial charge in [0.25, 0.3) is 5.91 Å². The number of aromatic nitrogens is 2. The lowest BCUT2D eigenvalue weighted by molar-refractivity contribution is -0.136. The molecule has 1 amide bonds. The van der Waals surface area contributed by atoms with Gasteiger partial charge in [0, 0.05) is 6.54 Å². The van der Waals surface area contributed by atoms with E-state index in [9.17, 15) is 14.0 Å². The molecular formula is C24H24Cl2FN3O3. The van der Waals surface area contributed by atoms with Gasteiger partial charge in [0.05, 0.1) is 39.6 Å². The van der Waals surface area contributed by atoms with Crippen LogP contribution in [-0.4, -0.2) is 26.8 Å². The van der Waals surface area contributed by atoms with Crippen molar-refractivity contribution in [1.82, 2.24) is 9.78 Å². The second-order valence-corrected chi connectivity index (χ2v) is 8.72. The van der Waals surface area contributed by atoms with Gasteiger partial charge < -0.3 is 10.4 Å². The molecule has 6 nitrogen and oxygen atoms in total. The van der Waals surface area contributed by atoms with E-state index in [2.05, 4.69) is 22.5 Å². The molecule has 0 unspecified atom stereocenters. The second-order valence-electron chi connectivity index (χ2n) is 7.96. The van der Waals surface area contributed by atoms with E-state index in [4.69, 9.17) is 28.3 Å². The van der Waals surface area contributed by atoms with Crippen molar-refractivity contribution in [2.75, 3.05) is 5.32 Å². The van der Waals surface area contributed by atoms with Crippen molar-refractivity contribution >= 4 is 40.8 Å². The van der Waals surface area contributed by atoms with Crippen molar-refractivity contribution in [1.29, 1.82) is 0 Å². The Morgan fingerprint density at radius 1 is 1.18 bits per heavy atom. The summed E-state index contributed by atoms with van der Waals surface area (Å²) in [7, 11) is 0. The predicted molar refractivity (Wildman–Crippen MR) is 127 cm³/mol. The molecule has 1 heterocycles. The highest BCUT2D eigenvalue weighted by Crippen LogP contribution is 2.34. The summed E-state index contributed by atoms with van der Waals surface area (Å²) in [6.07, 6.45) is 2.71. The number of anilines is 1. The number of amides is 1. The summed E-state index contributed by atoms with van der Waals surface area (Å²) in [5.74, 6) is -2.65. The SMILES string of the molecule is CC(C)c1c(C(=O)Nc2cc(CC(=O)O)c(Cl)c(Cl)c2F)cnn1CCCc1ccccc1. The lowest BCUT2D eigenvalue weighted by Crippen LogP contribution is -2.17. The Balaban J connectivity index is 1.81. The third-order valence-corrected chi connectivity index (χ3v) is 6.05. The van der Waals surface area contributed by atoms with Crippen LogP contribution in [-0.2, 0) is 24.2 Å². The van der Waals surface area contributed by atoms with E-state index < -0.39 is 29.1 Å². The molecule has 0 aliphatic carbocycles. The zero-order valence-corrected chi connectivity index (χ0v) is 19.8. The highest BCUT2D eigenvalue weighted by atomic mass is 35.5. The predicted octanol–water partition coefficient (Wildman–Crippen LogP) is 5.96. The first-order valence-electron chi connectivity index (χ1n) is 10.5. The number of carbonyl (C=O) groups excluding carboxylic acids is 1. The van der Waals surface area contributed by atoms with E-state index in [1.807, 2.05) is 32.0 Å². The number of benzene rings is 2. The van der Waals surface area contributed by atoms with Gasteiger partial charge in [-0.05, 0) is 36.0 Å². The summed E-state index contributed by atoms with van der Waals surface area (Å²) in [5.41, 5.74) is 2.13. The number of halogens is 3. The van der Waals surface area contributed by atoms with E-state index in [0.29, 0.717) is 12.1 Å². The smallest absolute Gasteiger partial charge is 0.307 e. The molecule has 0 fully saturated rings. The van der Waals surface area contributed by atoms with Crippen molar-refractivity contribution in [3.8, 4) is 0 Å². The van der Waals surface area contributed by atoms with Gasteiger partial charge in [-0.1, -0.05) is 67.4 Å². The monoisotopic (exact) mass is 491 g/mol. The van der Waals surface area contributed by atoms with Crippen LogP contribution in [0.5, 0.6) is 0 Å². The number of aryl methyl sites for hydroxylation is 2. The minimum absolute atomic E-state index is 0.00815. The molecule has 3 rings (SSSR count). The number of carbonyl (C=O) groups is 2. The van der Waals surface area contributed by atoms with Gasteiger partial charge in [-0.15, -0.1) is 0 Å². The first-order chi connectivity index (χ1) is 15.7. The molecule has 3 aromatic rings. The van der Waals surface area contributed by atoms with Crippen molar-refractivity contribution in [2.24, 2.45) is 0 Å². The Morgan fingerprint density at radius 2 is 1.88 bits per heavy atom. The molecule has 0 atom stereocenters. The number of hydrogen-bond acceptors (Lipinski definition) is 3. The van der Waals surface area contributed by atoms with E-state index in [1.54, 1.807) is 4.68 Å². The summed E-state index contributed by atoms with van der Waals surface area (Å²) in [6.45, 7) is 4.53. The Labute approximate surface area is 201 Å². The lowest BCUT2D eigenvalue weighted by Gasteiger charge is -2.14. The van der Waals surface area contributed by atoms with E-state index in [1.165, 1.54) is 17.8 Å². The first-order valence-corrected chi connectivity index (χ1v) is 11.2. The average molecular weight is 492 g/mol. The number of nitrogens with zero attached hydrogens (tertiary/aromatic N) is 2. The number of nitrogens with one attached hydrogen (secondary N) is 1. The molecule has 0 aliphatic heterocycles. The van der Waals surface area contributed by atoms with Gasteiger partial charge in [-0.3, -0.25) is 14.3 Å². The van der Waals surface area contributed by atoms with Crippen LogP contribution in [0, 0.1) is 5.82 Å². The van der Waals surface area contributed by atoms with Crippen LogP contribution in [0.2, 0.25) is 10.0 Å². The summed E-state index contributed by atoms with van der Waals surface area (Å²) >= 11 is 11.9. The molecule has 0 spiro atoms. The standard InChI is InChI=1S/C24H24Cl2FN3O3/c1-14(2)23-17(13-28-30(23)10-6-9-15-7-4-3-5-8-15)24(33)29-18-11-16(12-19(31)32)20(25)21(26)22(18)27/h3-5,7-8,11,13-14H,6,9-10,12H2,1-2H3,(H,29,33)(H,31,32). The largest absolute Gasteiger partial charge is 0.481 e. The van der Waals surface area contributed by atoms with E-state index >= 15 is 0 Å². The number of carboxylic acid groups (broad SMARTS) is 1. The normalized spacial score (nSPS) is 11.1. The zero-order valence-electron chi connectivity index (χ0n) is 18.2. The average Bonchev–Trinajstić information content (AvgIpc) is 3.20. The molecule has 0 saturated carbocycles. The van der Waals surface area contributed by atoms with E-state index in [-0.39, 0.29) is 22.2 Å². The number of rotatable bonds is 9. The molecule has 0 aliphatic rings. The molecular weight excluding hydrogens is 468 g/mol. The molecule has 0 bridgehead atoms. The van der Waals surface area contributed by atoms with Gasteiger partial charge >= 0.3 is 5.97 Å². The summed E-state index contributed by atoms with van der Waals surface area (Å²) in [5, 5.41) is 15.3. The van der Waals surface area contributed by atoms with Gasteiger partial charge in [0.1, 0.15) is 0 Å². The quantitative estimate of drug-likeness (QED) is 0.361. The molecule has 0 radical (unpaired) electrons. The summed E-state index contributed by atoms with van der Waals surface area (Å²) < 4.78 is 16.4. The van der Waals surface area contributed by atoms with Gasteiger partial charge in [-0.25, -0.2) is 4.39 Å². The Kier molecular flexibility index (Phi) is 8.10. The molecule has 174 valence electrons. The Hall–Kier alpha value is -2.90. The summed E-state index contributed by atoms with van der Waals surface area (Å²) in [6, 6.07) is 11.3. The van der Waals surface area contributed by atoms with Crippen LogP contribution in [0.25, 0.3) is 0 Å². The maximum atomic E-state index is 14.6. The fourth-order valence-electron chi connectivity index (χ4n) is 3.66. The van der Waals surface area contributed by atoms with Gasteiger partial charge in [0.15, 0.2) is 5.82 Å². The van der Waals surface area contributed by atoms with Crippen molar-refractivity contribution in [2.45, 2.75) is 45.6 Å². The van der Waals surface area contributed by atoms with Crippen LogP contribution in [0.15, 0.2) is 42.6 Å². The van der Waals surface area contributed by atoms with Crippen LogP contribution < -0.4 is 5.32 Å². The van der Waals surface area contributed by atoms with Gasteiger partial charge in [-0.2, -0.15) is 5.10 Å². The topological polar surface area (TPSA) is 84.2 Å². The zero-order chi connectivity index (χ0) is 24.1. The number of aliphatic carboxylic acids is 1. The molecule has 2 aromatic carbocycles. The molecule has 9 heteroatoms. The van der Waals surface area contributed by atoms with Crippen LogP contribution in [0.3, 0.4) is 0 Å². The first kappa shape index (κ1) is 24.7. The molecule has 33 heavy (non-hydrogen) atoms. The second kappa shape index (κ2) is 10.8. The highest BCUT2D eigenvalue weighted by Gasteiger charge is 2.23. The third-order valence-electron chi connectivity index (χ3n) is 5.16. The maximum absolute atomic E-state index is 14.6. The van der Waals surface area contributed by atoms with Crippen molar-refractivity contribution in [3.05, 3.63) is 80.8 Å². The van der Waals surface area contributed by atoms with Crippen molar-refractivity contribution < 1.29 is 19.1 Å². The number of carboxylic acids is 1. The fraction of sp³-hybridized carbons (Fsp3) is 0.292. The minimum Gasteiger partial charge on any atom is -0.481 e. The van der Waals surface area contributed by atoms with Crippen molar-refractivity contribution in [3.63, 3.8) is 0 Å². The number of hydrogen-bond donors (Lipinski definition) is 2. The summed E-state index contributed by atoms with van der Waals surface area (Å²) in [4.78, 5) is 24.1. The van der Waals surface area contributed by atoms with Gasteiger partial charge in [0.2, 0.25) is 0 Å². The third kappa shape index (κ3) is 5.92. The lowest BCUT2D eigenvalue weighted by atomic mass is 10.0. The molecule has 0 saturated heterocycles. The molecule has 1 aromatic heterocycles. The fourth-order valence-corrected chi connectivity index (χ4v) is 4.09. The Morgan fingerprint density at radius 3 is 2.52 bits per heavy atom. The van der Waals surface area contributed by atoms with E-state index in [0.717, 1.165) is 18.5 Å². The van der Waals surface area contributed by atoms with Crippen LogP contribution in [0.4, 0.5) is 10.1 Å². The molecule has 2 N–H and O–H groups in total. The highest BCUT2D eigenvalue weighted by molar-refractivity contribution is 6.43. The minimum atomic E-state index is -1.16.